The van der Waals surface area contributed by atoms with Gasteiger partial charge < -0.3 is 15.3 Å². The molecular weight excluding hydrogens is 192 g/mol. The minimum absolute atomic E-state index is 0.136. The Bertz CT molecular complexity index is 213. The number of nitrogens with zero attached hydrogens (tertiary/aromatic N) is 1. The van der Waals surface area contributed by atoms with Gasteiger partial charge in [0.25, 0.3) is 0 Å². The molecule has 0 bridgehead atoms. The van der Waals surface area contributed by atoms with Crippen LogP contribution in [0.1, 0.15) is 32.6 Å². The molecule has 1 heterocycles. The summed E-state index contributed by atoms with van der Waals surface area (Å²) in [5.41, 5.74) is -0.712. The van der Waals surface area contributed by atoms with E-state index in [0.29, 0.717) is 19.5 Å². The number of unbranched alkanes of at least 4 members (excludes halogenated alkanes) is 1. The van der Waals surface area contributed by atoms with Gasteiger partial charge in [0, 0.05) is 20.0 Å². The smallest absolute Gasteiger partial charge is 0.222 e. The number of hydrogen-bond donors (Lipinski definition) is 2. The number of β-amino-alcohol motifs (C(OH)–C–C–N with tert-alkyl or cyclic N) is 1. The van der Waals surface area contributed by atoms with Gasteiger partial charge in [-0.25, -0.2) is 0 Å². The van der Waals surface area contributed by atoms with Gasteiger partial charge in [0.05, 0.1) is 12.1 Å². The summed E-state index contributed by atoms with van der Waals surface area (Å²) in [5.74, 6) is 0.136. The van der Waals surface area contributed by atoms with Crippen LogP contribution in [0.2, 0.25) is 0 Å². The van der Waals surface area contributed by atoms with Gasteiger partial charge >= 0.3 is 0 Å². The van der Waals surface area contributed by atoms with Crippen molar-refractivity contribution in [3.05, 3.63) is 0 Å². The molecule has 1 atom stereocenters. The zero-order chi connectivity index (χ0) is 11.3. The Kier molecular flexibility index (Phi) is 4.54. The van der Waals surface area contributed by atoms with Crippen molar-refractivity contribution in [3.8, 4) is 0 Å². The van der Waals surface area contributed by atoms with Crippen molar-refractivity contribution in [1.29, 1.82) is 0 Å². The van der Waals surface area contributed by atoms with E-state index in [4.69, 9.17) is 0 Å². The number of hydrogen-bond acceptors (Lipinski definition) is 3. The van der Waals surface area contributed by atoms with E-state index in [0.717, 1.165) is 25.8 Å². The van der Waals surface area contributed by atoms with Crippen LogP contribution in [0.5, 0.6) is 0 Å². The van der Waals surface area contributed by atoms with Crippen molar-refractivity contribution in [3.63, 3.8) is 0 Å². The van der Waals surface area contributed by atoms with Crippen LogP contribution in [0.15, 0.2) is 0 Å². The van der Waals surface area contributed by atoms with Crippen molar-refractivity contribution in [2.75, 3.05) is 26.7 Å². The Morgan fingerprint density at radius 3 is 2.87 bits per heavy atom. The van der Waals surface area contributed by atoms with Gasteiger partial charge in [-0.1, -0.05) is 13.3 Å². The molecule has 1 saturated heterocycles. The first-order chi connectivity index (χ1) is 7.07. The number of rotatable bonds is 5. The zero-order valence-corrected chi connectivity index (χ0v) is 9.75. The maximum absolute atomic E-state index is 11.6. The van der Waals surface area contributed by atoms with E-state index in [1.165, 1.54) is 0 Å². The van der Waals surface area contributed by atoms with Gasteiger partial charge in [0.1, 0.15) is 0 Å². The molecule has 4 nitrogen and oxygen atoms in total. The van der Waals surface area contributed by atoms with Gasteiger partial charge in [-0.3, -0.25) is 4.79 Å². The van der Waals surface area contributed by atoms with Gasteiger partial charge in [-0.15, -0.1) is 0 Å². The van der Waals surface area contributed by atoms with Crippen LogP contribution in [0.4, 0.5) is 0 Å². The van der Waals surface area contributed by atoms with Crippen molar-refractivity contribution >= 4 is 5.91 Å². The minimum atomic E-state index is -0.712. The average Bonchev–Trinajstić information content (AvgIpc) is 2.61. The van der Waals surface area contributed by atoms with Gasteiger partial charge in [0.15, 0.2) is 0 Å². The lowest BCUT2D eigenvalue weighted by molar-refractivity contribution is -0.132. The lowest BCUT2D eigenvalue weighted by Crippen LogP contribution is -2.45. The topological polar surface area (TPSA) is 52.6 Å². The molecule has 0 aliphatic carbocycles. The highest BCUT2D eigenvalue weighted by Crippen LogP contribution is 2.15. The summed E-state index contributed by atoms with van der Waals surface area (Å²) in [6.45, 7) is 3.95. The Morgan fingerprint density at radius 2 is 2.33 bits per heavy atom. The summed E-state index contributed by atoms with van der Waals surface area (Å²) < 4.78 is 0. The lowest BCUT2D eigenvalue weighted by Gasteiger charge is -2.28. The van der Waals surface area contributed by atoms with Gasteiger partial charge in [-0.05, 0) is 19.4 Å². The quantitative estimate of drug-likeness (QED) is 0.695. The molecule has 1 aliphatic rings. The fourth-order valence-electron chi connectivity index (χ4n) is 1.91. The minimum Gasteiger partial charge on any atom is -0.387 e. The highest BCUT2D eigenvalue weighted by Gasteiger charge is 2.33. The number of likely N-dealkylation sites (N-methyl/N-ethyl adjacent to an activating group) is 1. The van der Waals surface area contributed by atoms with Crippen LogP contribution in [0.25, 0.3) is 0 Å². The Labute approximate surface area is 91.6 Å². The van der Waals surface area contributed by atoms with Crippen LogP contribution >= 0.6 is 0 Å². The molecule has 0 aromatic carbocycles. The summed E-state index contributed by atoms with van der Waals surface area (Å²) in [6.07, 6.45) is 3.29. The van der Waals surface area contributed by atoms with Gasteiger partial charge in [-0.2, -0.15) is 0 Å². The van der Waals surface area contributed by atoms with Crippen molar-refractivity contribution in [2.45, 2.75) is 38.2 Å². The molecule has 0 spiro atoms. The Balaban J connectivity index is 2.33. The maximum Gasteiger partial charge on any atom is 0.222 e. The molecule has 0 radical (unpaired) electrons. The highest BCUT2D eigenvalue weighted by molar-refractivity contribution is 5.75. The molecule has 0 aromatic heterocycles. The first-order valence-corrected chi connectivity index (χ1v) is 5.74. The SMILES string of the molecule is CCCCC(=O)N(C)CC1(O)CCNC1. The Hall–Kier alpha value is -0.610. The van der Waals surface area contributed by atoms with Crippen LogP contribution in [-0.2, 0) is 4.79 Å². The third kappa shape index (κ3) is 3.80. The molecule has 0 aromatic rings. The average molecular weight is 214 g/mol. The molecule has 88 valence electrons. The lowest BCUT2D eigenvalue weighted by atomic mass is 10.0. The highest BCUT2D eigenvalue weighted by atomic mass is 16.3. The van der Waals surface area contributed by atoms with E-state index in [-0.39, 0.29) is 5.91 Å². The zero-order valence-electron chi connectivity index (χ0n) is 9.75. The number of carbonyl (C=O) groups excluding carboxylic acids is 1. The largest absolute Gasteiger partial charge is 0.387 e. The molecular formula is C11H22N2O2. The van der Waals surface area contributed by atoms with Crippen LogP contribution in [0, 0.1) is 0 Å². The predicted octanol–water partition coefficient (Wildman–Crippen LogP) is 0.359. The summed E-state index contributed by atoms with van der Waals surface area (Å²) in [6, 6.07) is 0. The Morgan fingerprint density at radius 1 is 1.60 bits per heavy atom. The first-order valence-electron chi connectivity index (χ1n) is 5.74. The summed E-state index contributed by atoms with van der Waals surface area (Å²) in [7, 11) is 1.77. The second kappa shape index (κ2) is 5.47. The second-order valence-electron chi connectivity index (χ2n) is 4.50. The number of amides is 1. The predicted molar refractivity (Wildman–Crippen MR) is 59.6 cm³/mol. The molecule has 0 saturated carbocycles. The fourth-order valence-corrected chi connectivity index (χ4v) is 1.91. The third-order valence-electron chi connectivity index (χ3n) is 2.92. The summed E-state index contributed by atoms with van der Waals surface area (Å²) in [4.78, 5) is 13.3. The molecule has 1 aliphatic heterocycles. The number of carbonyl (C=O) groups is 1. The second-order valence-corrected chi connectivity index (χ2v) is 4.50. The summed E-state index contributed by atoms with van der Waals surface area (Å²) in [5, 5.41) is 13.2. The van der Waals surface area contributed by atoms with Crippen molar-refractivity contribution < 1.29 is 9.90 Å². The third-order valence-corrected chi connectivity index (χ3v) is 2.92. The first kappa shape index (κ1) is 12.5. The van der Waals surface area contributed by atoms with Crippen molar-refractivity contribution in [1.82, 2.24) is 10.2 Å². The van der Waals surface area contributed by atoms with Crippen LogP contribution < -0.4 is 5.32 Å². The van der Waals surface area contributed by atoms with Crippen LogP contribution in [0.3, 0.4) is 0 Å². The van der Waals surface area contributed by atoms with E-state index in [1.54, 1.807) is 11.9 Å². The van der Waals surface area contributed by atoms with E-state index in [1.807, 2.05) is 0 Å². The number of nitrogens with one attached hydrogen (secondary N) is 1. The van der Waals surface area contributed by atoms with Gasteiger partial charge in [0.2, 0.25) is 5.91 Å². The molecule has 1 amide bonds. The number of aliphatic hydroxyl groups is 1. The molecule has 1 rings (SSSR count). The summed E-state index contributed by atoms with van der Waals surface area (Å²) >= 11 is 0. The molecule has 1 unspecified atom stereocenters. The molecule has 4 heteroatoms. The van der Waals surface area contributed by atoms with E-state index in [2.05, 4.69) is 12.2 Å². The van der Waals surface area contributed by atoms with Crippen LogP contribution in [-0.4, -0.2) is 48.2 Å². The standard InChI is InChI=1S/C11H22N2O2/c1-3-4-5-10(14)13(2)9-11(15)6-7-12-8-11/h12,15H,3-9H2,1-2H3. The molecule has 15 heavy (non-hydrogen) atoms. The fraction of sp³-hybridized carbons (Fsp3) is 0.909. The van der Waals surface area contributed by atoms with E-state index < -0.39 is 5.60 Å². The van der Waals surface area contributed by atoms with E-state index >= 15 is 0 Å². The molecule has 2 N–H and O–H groups in total. The molecule has 1 fully saturated rings. The normalized spacial score (nSPS) is 25.5. The maximum atomic E-state index is 11.6. The van der Waals surface area contributed by atoms with Crippen molar-refractivity contribution in [2.24, 2.45) is 0 Å². The monoisotopic (exact) mass is 214 g/mol. The van der Waals surface area contributed by atoms with E-state index in [9.17, 15) is 9.90 Å².